The van der Waals surface area contributed by atoms with Crippen LogP contribution in [-0.2, 0) is 13.5 Å². The summed E-state index contributed by atoms with van der Waals surface area (Å²) in [5, 5.41) is 8.40. The maximum Gasteiger partial charge on any atom is 0.197 e. The van der Waals surface area contributed by atoms with Crippen LogP contribution in [0, 0.1) is 0 Å². The van der Waals surface area contributed by atoms with Gasteiger partial charge in [0.1, 0.15) is 0 Å². The van der Waals surface area contributed by atoms with E-state index in [2.05, 4.69) is 14.8 Å². The molecule has 0 unspecified atom stereocenters. The lowest BCUT2D eigenvalue weighted by Crippen LogP contribution is -2.05. The fraction of sp³-hybridized carbons (Fsp3) is 0.400. The lowest BCUT2D eigenvalue weighted by Gasteiger charge is -2.04. The molecule has 0 saturated heterocycles. The molecule has 17 heavy (non-hydrogen) atoms. The molecular formula is C10H15N5OS. The van der Waals surface area contributed by atoms with E-state index in [9.17, 15) is 0 Å². The van der Waals surface area contributed by atoms with Crippen LogP contribution in [0.25, 0.3) is 0 Å². The van der Waals surface area contributed by atoms with E-state index in [1.54, 1.807) is 11.8 Å². The van der Waals surface area contributed by atoms with Gasteiger partial charge in [-0.2, -0.15) is 9.47 Å². The third-order valence-corrected chi connectivity index (χ3v) is 3.11. The first-order valence-electron chi connectivity index (χ1n) is 5.22. The second-order valence-electron chi connectivity index (χ2n) is 3.59. The van der Waals surface area contributed by atoms with Gasteiger partial charge in [0.25, 0.3) is 0 Å². The van der Waals surface area contributed by atoms with Crippen LogP contribution in [0.3, 0.4) is 0 Å². The van der Waals surface area contributed by atoms with E-state index >= 15 is 0 Å². The molecule has 0 aromatic carbocycles. The van der Waals surface area contributed by atoms with Crippen molar-refractivity contribution in [3.63, 3.8) is 0 Å². The van der Waals surface area contributed by atoms with Crippen LogP contribution in [0.5, 0.6) is 5.75 Å². The summed E-state index contributed by atoms with van der Waals surface area (Å²) in [5.41, 5.74) is 6.71. The smallest absolute Gasteiger partial charge is 0.197 e. The SMILES string of the molecule is COc1c(N)nsc1NCCc1ccn(C)n1. The molecule has 6 nitrogen and oxygen atoms in total. The van der Waals surface area contributed by atoms with Crippen molar-refractivity contribution >= 4 is 22.4 Å². The largest absolute Gasteiger partial charge is 0.490 e. The second kappa shape index (κ2) is 5.05. The number of nitrogens with zero attached hydrogens (tertiary/aromatic N) is 3. The Labute approximate surface area is 104 Å². The van der Waals surface area contributed by atoms with E-state index < -0.39 is 0 Å². The molecule has 0 aliphatic rings. The Morgan fingerprint density at radius 2 is 2.41 bits per heavy atom. The van der Waals surface area contributed by atoms with Gasteiger partial charge >= 0.3 is 0 Å². The van der Waals surface area contributed by atoms with E-state index in [4.69, 9.17) is 10.5 Å². The van der Waals surface area contributed by atoms with E-state index in [-0.39, 0.29) is 0 Å². The molecule has 0 fully saturated rings. The molecular weight excluding hydrogens is 238 g/mol. The lowest BCUT2D eigenvalue weighted by molar-refractivity contribution is 0.419. The average Bonchev–Trinajstić information content (AvgIpc) is 2.86. The van der Waals surface area contributed by atoms with Gasteiger partial charge in [-0.25, -0.2) is 0 Å². The van der Waals surface area contributed by atoms with E-state index in [1.807, 2.05) is 19.3 Å². The van der Waals surface area contributed by atoms with Crippen molar-refractivity contribution in [2.24, 2.45) is 7.05 Å². The topological polar surface area (TPSA) is 78.0 Å². The number of rotatable bonds is 5. The van der Waals surface area contributed by atoms with Crippen LogP contribution in [0.15, 0.2) is 12.3 Å². The number of nitrogen functional groups attached to an aromatic ring is 1. The number of ether oxygens (including phenoxy) is 1. The fourth-order valence-electron chi connectivity index (χ4n) is 1.50. The van der Waals surface area contributed by atoms with Gasteiger partial charge in [-0.1, -0.05) is 0 Å². The van der Waals surface area contributed by atoms with Crippen LogP contribution in [0.2, 0.25) is 0 Å². The third-order valence-electron chi connectivity index (χ3n) is 2.31. The number of nitrogens with two attached hydrogens (primary N) is 1. The normalized spacial score (nSPS) is 10.5. The number of aromatic nitrogens is 3. The van der Waals surface area contributed by atoms with Crippen LogP contribution in [0.1, 0.15) is 5.69 Å². The van der Waals surface area contributed by atoms with Crippen molar-refractivity contribution < 1.29 is 4.74 Å². The third kappa shape index (κ3) is 2.68. The van der Waals surface area contributed by atoms with Crippen LogP contribution in [0.4, 0.5) is 10.8 Å². The zero-order valence-electron chi connectivity index (χ0n) is 9.80. The second-order valence-corrected chi connectivity index (χ2v) is 4.36. The molecule has 3 N–H and O–H groups in total. The summed E-state index contributed by atoms with van der Waals surface area (Å²) in [6.45, 7) is 0.773. The van der Waals surface area contributed by atoms with Gasteiger partial charge in [0.15, 0.2) is 16.6 Å². The number of aryl methyl sites for hydroxylation is 1. The molecule has 2 aromatic rings. The van der Waals surface area contributed by atoms with Crippen molar-refractivity contribution in [1.29, 1.82) is 0 Å². The van der Waals surface area contributed by atoms with Crippen molar-refractivity contribution in [2.45, 2.75) is 6.42 Å². The quantitative estimate of drug-likeness (QED) is 0.835. The van der Waals surface area contributed by atoms with Gasteiger partial charge in [-0.05, 0) is 17.6 Å². The summed E-state index contributed by atoms with van der Waals surface area (Å²) >= 11 is 1.30. The Bertz CT molecular complexity index is 493. The van der Waals surface area contributed by atoms with Crippen LogP contribution < -0.4 is 15.8 Å². The molecule has 0 atom stereocenters. The summed E-state index contributed by atoms with van der Waals surface area (Å²) in [6, 6.07) is 2.00. The Hall–Kier alpha value is -1.76. The van der Waals surface area contributed by atoms with Crippen molar-refractivity contribution in [2.75, 3.05) is 24.7 Å². The molecule has 0 amide bonds. The Morgan fingerprint density at radius 1 is 1.59 bits per heavy atom. The molecule has 0 radical (unpaired) electrons. The highest BCUT2D eigenvalue weighted by Gasteiger charge is 2.11. The predicted octanol–water partition coefficient (Wildman–Crippen LogP) is 1.12. The van der Waals surface area contributed by atoms with Gasteiger partial charge in [0, 0.05) is 26.2 Å². The molecule has 0 bridgehead atoms. The van der Waals surface area contributed by atoms with Gasteiger partial charge in [-0.15, -0.1) is 0 Å². The summed E-state index contributed by atoms with van der Waals surface area (Å²) in [4.78, 5) is 0. The Balaban J connectivity index is 1.89. The molecule has 0 spiro atoms. The maximum absolute atomic E-state index is 5.66. The first-order valence-corrected chi connectivity index (χ1v) is 5.99. The fourth-order valence-corrected chi connectivity index (χ4v) is 2.21. The molecule has 2 rings (SSSR count). The Morgan fingerprint density at radius 3 is 3.06 bits per heavy atom. The molecule has 0 aliphatic carbocycles. The maximum atomic E-state index is 5.66. The van der Waals surface area contributed by atoms with Gasteiger partial charge < -0.3 is 15.8 Å². The first kappa shape index (κ1) is 11.7. The first-order chi connectivity index (χ1) is 8.20. The molecule has 2 heterocycles. The number of hydrogen-bond donors (Lipinski definition) is 2. The van der Waals surface area contributed by atoms with Crippen molar-refractivity contribution in [3.05, 3.63) is 18.0 Å². The zero-order chi connectivity index (χ0) is 12.3. The monoisotopic (exact) mass is 253 g/mol. The number of methoxy groups -OCH3 is 1. The molecule has 0 saturated carbocycles. The minimum Gasteiger partial charge on any atom is -0.490 e. The van der Waals surface area contributed by atoms with Crippen molar-refractivity contribution in [3.8, 4) is 5.75 Å². The molecule has 0 aliphatic heterocycles. The van der Waals surface area contributed by atoms with Crippen LogP contribution >= 0.6 is 11.5 Å². The minimum atomic E-state index is 0.429. The summed E-state index contributed by atoms with van der Waals surface area (Å²) in [6.07, 6.45) is 2.78. The molecule has 92 valence electrons. The average molecular weight is 253 g/mol. The predicted molar refractivity (Wildman–Crippen MR) is 68.5 cm³/mol. The summed E-state index contributed by atoms with van der Waals surface area (Å²) < 4.78 is 11.0. The number of hydrogen-bond acceptors (Lipinski definition) is 6. The summed E-state index contributed by atoms with van der Waals surface area (Å²) in [5.74, 6) is 1.05. The van der Waals surface area contributed by atoms with E-state index in [0.29, 0.717) is 11.6 Å². The summed E-state index contributed by atoms with van der Waals surface area (Å²) in [7, 11) is 3.49. The zero-order valence-corrected chi connectivity index (χ0v) is 10.6. The number of nitrogens with one attached hydrogen (secondary N) is 1. The lowest BCUT2D eigenvalue weighted by atomic mass is 10.3. The van der Waals surface area contributed by atoms with Crippen molar-refractivity contribution in [1.82, 2.24) is 14.2 Å². The van der Waals surface area contributed by atoms with Gasteiger partial charge in [0.2, 0.25) is 0 Å². The molecule has 2 aromatic heterocycles. The Kier molecular flexibility index (Phi) is 3.48. The van der Waals surface area contributed by atoms with E-state index in [0.717, 1.165) is 23.7 Å². The number of anilines is 2. The highest BCUT2D eigenvalue weighted by atomic mass is 32.1. The van der Waals surface area contributed by atoms with E-state index in [1.165, 1.54) is 11.5 Å². The standard InChI is InChI=1S/C10H15N5OS/c1-15-6-4-7(13-15)3-5-12-10-8(16-2)9(11)14-17-10/h4,6,12H,3,5H2,1-2H3,(H2,11,14). The van der Waals surface area contributed by atoms with Gasteiger partial charge in [0.05, 0.1) is 12.8 Å². The van der Waals surface area contributed by atoms with Gasteiger partial charge in [-0.3, -0.25) is 4.68 Å². The highest BCUT2D eigenvalue weighted by molar-refractivity contribution is 7.11. The minimum absolute atomic E-state index is 0.429. The van der Waals surface area contributed by atoms with Crippen LogP contribution in [-0.4, -0.2) is 27.8 Å². The highest BCUT2D eigenvalue weighted by Crippen LogP contribution is 2.34. The molecule has 7 heteroatoms.